The highest BCUT2D eigenvalue weighted by atomic mass is 16.3. The Morgan fingerprint density at radius 1 is 1.24 bits per heavy atom. The molecular formula is C26H36N4O3. The fourth-order valence-corrected chi connectivity index (χ4v) is 4.76. The summed E-state index contributed by atoms with van der Waals surface area (Å²) in [4.78, 5) is 27.6. The maximum absolute atomic E-state index is 13.4. The third-order valence-corrected chi connectivity index (χ3v) is 6.97. The summed E-state index contributed by atoms with van der Waals surface area (Å²) in [6.07, 6.45) is 6.36. The Labute approximate surface area is 195 Å². The minimum atomic E-state index is -0.0576. The van der Waals surface area contributed by atoms with Crippen LogP contribution < -0.4 is 16.2 Å². The maximum Gasteiger partial charge on any atom is 0.318 e. The molecule has 3 N–H and O–H groups in total. The van der Waals surface area contributed by atoms with E-state index >= 15 is 0 Å². The molecule has 4 rings (SSSR count). The number of rotatable bonds is 8. The first-order valence-corrected chi connectivity index (χ1v) is 12.1. The molecular weight excluding hydrogens is 416 g/mol. The van der Waals surface area contributed by atoms with E-state index in [0.29, 0.717) is 13.1 Å². The van der Waals surface area contributed by atoms with Gasteiger partial charge < -0.3 is 25.2 Å². The molecule has 0 radical (unpaired) electrons. The first-order valence-electron chi connectivity index (χ1n) is 12.1. The molecule has 1 aromatic heterocycles. The second-order valence-electron chi connectivity index (χ2n) is 9.51. The average Bonchev–Trinajstić information content (AvgIpc) is 3.65. The predicted molar refractivity (Wildman–Crippen MR) is 129 cm³/mol. The van der Waals surface area contributed by atoms with Crippen LogP contribution in [-0.2, 0) is 20.0 Å². The molecule has 1 aliphatic carbocycles. The van der Waals surface area contributed by atoms with Crippen molar-refractivity contribution in [2.45, 2.75) is 63.6 Å². The summed E-state index contributed by atoms with van der Waals surface area (Å²) in [5, 5.41) is 15.9. The van der Waals surface area contributed by atoms with Gasteiger partial charge in [-0.05, 0) is 73.9 Å². The monoisotopic (exact) mass is 452 g/mol. The van der Waals surface area contributed by atoms with Gasteiger partial charge in [0.05, 0.1) is 0 Å². The molecule has 2 fully saturated rings. The van der Waals surface area contributed by atoms with Gasteiger partial charge in [0.15, 0.2) is 0 Å². The second-order valence-corrected chi connectivity index (χ2v) is 9.51. The van der Waals surface area contributed by atoms with Crippen LogP contribution in [0.4, 0.5) is 4.79 Å². The molecule has 7 nitrogen and oxygen atoms in total. The van der Waals surface area contributed by atoms with E-state index in [1.165, 1.54) is 11.1 Å². The van der Waals surface area contributed by atoms with Crippen molar-refractivity contribution in [3.63, 3.8) is 0 Å². The zero-order valence-corrected chi connectivity index (χ0v) is 19.7. The average molecular weight is 453 g/mol. The number of urea groups is 1. The maximum atomic E-state index is 13.4. The molecule has 1 aliphatic heterocycles. The number of nitrogens with one attached hydrogen (secondary N) is 2. The van der Waals surface area contributed by atoms with Crippen molar-refractivity contribution in [2.24, 2.45) is 7.05 Å². The zero-order valence-electron chi connectivity index (χ0n) is 19.7. The number of hydrogen-bond acceptors (Lipinski definition) is 4. The van der Waals surface area contributed by atoms with Crippen LogP contribution in [0.25, 0.3) is 0 Å². The largest absolute Gasteiger partial charge is 0.396 e. The molecule has 2 aliphatic rings. The van der Waals surface area contributed by atoms with E-state index in [1.807, 2.05) is 11.0 Å². The highest BCUT2D eigenvalue weighted by Crippen LogP contribution is 2.30. The number of hydrogen-bond donors (Lipinski definition) is 3. The van der Waals surface area contributed by atoms with Crippen LogP contribution in [0.5, 0.6) is 0 Å². The summed E-state index contributed by atoms with van der Waals surface area (Å²) in [6.45, 7) is 4.43. The van der Waals surface area contributed by atoms with Crippen LogP contribution >= 0.6 is 0 Å². The molecule has 0 bridgehead atoms. The first kappa shape index (κ1) is 23.5. The minimum Gasteiger partial charge on any atom is -0.396 e. The molecule has 0 spiro atoms. The molecule has 2 aromatic rings. The normalized spacial score (nSPS) is 20.5. The lowest BCUT2D eigenvalue weighted by Gasteiger charge is -2.35. The number of aliphatic hydroxyl groups is 1. The van der Waals surface area contributed by atoms with Gasteiger partial charge in [-0.1, -0.05) is 18.2 Å². The van der Waals surface area contributed by atoms with E-state index in [2.05, 4.69) is 35.8 Å². The van der Waals surface area contributed by atoms with Gasteiger partial charge in [-0.3, -0.25) is 4.79 Å². The molecule has 33 heavy (non-hydrogen) atoms. The highest BCUT2D eigenvalue weighted by molar-refractivity contribution is 5.75. The predicted octanol–water partition coefficient (Wildman–Crippen LogP) is 2.44. The van der Waals surface area contributed by atoms with Crippen LogP contribution in [-0.4, -0.2) is 52.4 Å². The van der Waals surface area contributed by atoms with Gasteiger partial charge in [0.25, 0.3) is 5.56 Å². The van der Waals surface area contributed by atoms with Crippen LogP contribution in [0.3, 0.4) is 0 Å². The van der Waals surface area contributed by atoms with Crippen molar-refractivity contribution in [2.75, 3.05) is 19.7 Å². The first-order chi connectivity index (χ1) is 16.0. The van der Waals surface area contributed by atoms with E-state index in [0.717, 1.165) is 49.8 Å². The number of pyridine rings is 1. The Kier molecular flexibility index (Phi) is 7.50. The molecule has 2 amide bonds. The number of nitrogens with zero attached hydrogens (tertiary/aromatic N) is 2. The van der Waals surface area contributed by atoms with Crippen LogP contribution in [0.1, 0.15) is 53.9 Å². The summed E-state index contributed by atoms with van der Waals surface area (Å²) in [5.74, 6) is 0.120. The molecule has 1 aromatic carbocycles. The van der Waals surface area contributed by atoms with Gasteiger partial charge in [0.2, 0.25) is 0 Å². The van der Waals surface area contributed by atoms with Crippen LogP contribution in [0, 0.1) is 6.92 Å². The van der Waals surface area contributed by atoms with Gasteiger partial charge in [-0.15, -0.1) is 0 Å². The molecule has 2 atom stereocenters. The van der Waals surface area contributed by atoms with E-state index in [4.69, 9.17) is 0 Å². The lowest BCUT2D eigenvalue weighted by atomic mass is 9.86. The number of aromatic nitrogens is 1. The SMILES string of the molecule is Cc1ccc(CN(C(=O)N[C@@H]2CNCC[C@H]2c2ccn(C)c(=O)c2)C2CC2)cc1CCCO. The number of carbonyl (C=O) groups excluding carboxylic acids is 1. The van der Waals surface area contributed by atoms with Gasteiger partial charge >= 0.3 is 6.03 Å². The Bertz CT molecular complexity index is 1030. The Morgan fingerprint density at radius 3 is 2.79 bits per heavy atom. The third kappa shape index (κ3) is 5.84. The number of aryl methyl sites for hydroxylation is 3. The van der Waals surface area contributed by atoms with Crippen molar-refractivity contribution in [3.05, 3.63) is 69.1 Å². The number of piperidine rings is 1. The molecule has 1 saturated carbocycles. The van der Waals surface area contributed by atoms with E-state index in [9.17, 15) is 14.7 Å². The van der Waals surface area contributed by atoms with Crippen LogP contribution in [0.2, 0.25) is 0 Å². The van der Waals surface area contributed by atoms with Gasteiger partial charge in [-0.2, -0.15) is 0 Å². The fourth-order valence-electron chi connectivity index (χ4n) is 4.76. The molecule has 2 heterocycles. The fraction of sp³-hybridized carbons (Fsp3) is 0.538. The Morgan fingerprint density at radius 2 is 2.06 bits per heavy atom. The van der Waals surface area contributed by atoms with Crippen molar-refractivity contribution in [1.29, 1.82) is 0 Å². The van der Waals surface area contributed by atoms with E-state index in [1.54, 1.807) is 23.9 Å². The number of aliphatic hydroxyl groups excluding tert-OH is 1. The van der Waals surface area contributed by atoms with Gasteiger partial charge in [-0.25, -0.2) is 4.79 Å². The number of benzene rings is 1. The summed E-state index contributed by atoms with van der Waals surface area (Å²) in [7, 11) is 1.75. The second kappa shape index (κ2) is 10.5. The van der Waals surface area contributed by atoms with Crippen molar-refractivity contribution < 1.29 is 9.90 Å². The highest BCUT2D eigenvalue weighted by Gasteiger charge is 2.35. The summed E-state index contributed by atoms with van der Waals surface area (Å²) in [5.41, 5.74) is 4.56. The van der Waals surface area contributed by atoms with Gasteiger partial charge in [0.1, 0.15) is 0 Å². The van der Waals surface area contributed by atoms with Crippen molar-refractivity contribution in [3.8, 4) is 0 Å². The summed E-state index contributed by atoms with van der Waals surface area (Å²) >= 11 is 0. The lowest BCUT2D eigenvalue weighted by molar-refractivity contribution is 0.183. The quantitative estimate of drug-likeness (QED) is 0.574. The van der Waals surface area contributed by atoms with Crippen LogP contribution in [0.15, 0.2) is 41.3 Å². The van der Waals surface area contributed by atoms with Gasteiger partial charge in [0, 0.05) is 57.0 Å². The van der Waals surface area contributed by atoms with E-state index < -0.39 is 0 Å². The zero-order chi connectivity index (χ0) is 23.4. The Hall–Kier alpha value is -2.64. The topological polar surface area (TPSA) is 86.6 Å². The molecule has 1 saturated heterocycles. The number of carbonyl (C=O) groups is 1. The Balaban J connectivity index is 1.48. The van der Waals surface area contributed by atoms with Crippen molar-refractivity contribution >= 4 is 6.03 Å². The third-order valence-electron chi connectivity index (χ3n) is 6.97. The molecule has 7 heteroatoms. The van der Waals surface area contributed by atoms with E-state index in [-0.39, 0.29) is 36.2 Å². The number of amides is 2. The standard InChI is InChI=1S/C26H36N4O3/c1-18-5-6-19(14-20(18)4-3-13-31)17-30(22-7-8-22)26(33)28-24-16-27-11-9-23(24)21-10-12-29(2)25(32)15-21/h5-6,10,12,14-15,22-24,27,31H,3-4,7-9,11,13,16-17H2,1-2H3,(H,28,33)/t23-,24+/m0/s1. The lowest BCUT2D eigenvalue weighted by Crippen LogP contribution is -2.53. The molecule has 0 unspecified atom stereocenters. The smallest absolute Gasteiger partial charge is 0.318 e. The van der Waals surface area contributed by atoms with Crippen molar-refractivity contribution in [1.82, 2.24) is 20.1 Å². The minimum absolute atomic E-state index is 0.0212. The summed E-state index contributed by atoms with van der Waals surface area (Å²) < 4.78 is 1.57. The molecule has 178 valence electrons. The summed E-state index contributed by atoms with van der Waals surface area (Å²) in [6, 6.07) is 10.3.